The molecule has 2 aromatic carbocycles. The third-order valence-corrected chi connectivity index (χ3v) is 7.15. The van der Waals surface area contributed by atoms with Crippen LogP contribution < -0.4 is 0 Å². The van der Waals surface area contributed by atoms with E-state index in [9.17, 15) is 19.5 Å². The number of carbonyl (C=O) groups is 3. The van der Waals surface area contributed by atoms with Gasteiger partial charge in [-0.25, -0.2) is 9.59 Å². The predicted molar refractivity (Wildman–Crippen MR) is 141 cm³/mol. The molecule has 2 aliphatic heterocycles. The largest absolute Gasteiger partial charge is 0.480 e. The minimum Gasteiger partial charge on any atom is -0.480 e. The Hall–Kier alpha value is -3.50. The number of ether oxygens (including phenoxy) is 1. The lowest BCUT2D eigenvalue weighted by atomic mass is 10.0. The molecule has 0 spiro atoms. The van der Waals surface area contributed by atoms with E-state index < -0.39 is 29.9 Å². The van der Waals surface area contributed by atoms with Gasteiger partial charge in [0.1, 0.15) is 10.4 Å². The van der Waals surface area contributed by atoms with Crippen LogP contribution in [-0.2, 0) is 25.5 Å². The number of aliphatic carboxylic acids is 1. The van der Waals surface area contributed by atoms with Gasteiger partial charge in [-0.05, 0) is 25.0 Å². The molecule has 1 amide bonds. The Labute approximate surface area is 218 Å². The van der Waals surface area contributed by atoms with Crippen LogP contribution in [0, 0.1) is 6.92 Å². The van der Waals surface area contributed by atoms with Gasteiger partial charge in [-0.3, -0.25) is 14.7 Å². The third kappa shape index (κ3) is 5.50. The number of rotatable bonds is 8. The van der Waals surface area contributed by atoms with E-state index in [1.807, 2.05) is 61.5 Å². The van der Waals surface area contributed by atoms with E-state index in [2.05, 4.69) is 5.10 Å². The van der Waals surface area contributed by atoms with E-state index in [0.29, 0.717) is 5.71 Å². The number of thiocarbonyl (C=S) groups is 1. The van der Waals surface area contributed by atoms with Crippen LogP contribution in [0.25, 0.3) is 0 Å². The number of thioether (sulfide) groups is 1. The van der Waals surface area contributed by atoms with Gasteiger partial charge >= 0.3 is 11.9 Å². The fourth-order valence-electron chi connectivity index (χ4n) is 3.98. The fourth-order valence-corrected chi connectivity index (χ4v) is 5.30. The Morgan fingerprint density at radius 2 is 1.92 bits per heavy atom. The lowest BCUT2D eigenvalue weighted by Gasteiger charge is -2.25. The lowest BCUT2D eigenvalue weighted by molar-refractivity contribution is -0.150. The molecule has 2 aromatic rings. The van der Waals surface area contributed by atoms with Crippen molar-refractivity contribution in [2.45, 2.75) is 38.8 Å². The van der Waals surface area contributed by atoms with E-state index in [4.69, 9.17) is 17.0 Å². The molecule has 8 nitrogen and oxygen atoms in total. The Morgan fingerprint density at radius 1 is 1.22 bits per heavy atom. The highest BCUT2D eigenvalue weighted by Gasteiger charge is 2.42. The smallest absolute Gasteiger partial charge is 0.329 e. The number of nitrogens with zero attached hydrogens (tertiary/aromatic N) is 3. The molecule has 4 rings (SSSR count). The van der Waals surface area contributed by atoms with Crippen molar-refractivity contribution in [2.75, 3.05) is 6.61 Å². The number of hydrazone groups is 1. The van der Waals surface area contributed by atoms with Crippen molar-refractivity contribution < 1.29 is 24.2 Å². The van der Waals surface area contributed by atoms with Crippen LogP contribution in [-0.4, -0.2) is 61.6 Å². The highest BCUT2D eigenvalue weighted by Crippen LogP contribution is 2.35. The summed E-state index contributed by atoms with van der Waals surface area (Å²) in [6.45, 7) is 3.83. The molecule has 2 heterocycles. The van der Waals surface area contributed by atoms with Crippen molar-refractivity contribution in [1.82, 2.24) is 9.91 Å². The minimum absolute atomic E-state index is 0.166. The molecule has 0 bridgehead atoms. The van der Waals surface area contributed by atoms with Gasteiger partial charge in [0.05, 0.1) is 17.2 Å². The SMILES string of the molecule is CCOC(=O)[C@@H](Cc1ccccc1)N1C(=O)/C(=C/N2N=C(c3ccc(C)cc3)C[C@H]2C(=O)O)SC1=S. The Balaban J connectivity index is 1.62. The van der Waals surface area contributed by atoms with E-state index in [0.717, 1.165) is 28.5 Å². The van der Waals surface area contributed by atoms with Crippen LogP contribution in [0.15, 0.2) is 70.8 Å². The van der Waals surface area contributed by atoms with Gasteiger partial charge in [0.25, 0.3) is 5.91 Å². The first kappa shape index (κ1) is 25.6. The summed E-state index contributed by atoms with van der Waals surface area (Å²) >= 11 is 6.49. The lowest BCUT2D eigenvalue weighted by Crippen LogP contribution is -2.46. The number of hydrogen-bond donors (Lipinski definition) is 1. The molecular formula is C26H25N3O5S2. The Morgan fingerprint density at radius 3 is 2.56 bits per heavy atom. The average molecular weight is 524 g/mol. The van der Waals surface area contributed by atoms with Gasteiger partial charge in [-0.15, -0.1) is 0 Å². The fraction of sp³-hybridized carbons (Fsp3) is 0.269. The van der Waals surface area contributed by atoms with Crippen LogP contribution in [0.2, 0.25) is 0 Å². The van der Waals surface area contributed by atoms with Crippen molar-refractivity contribution in [3.8, 4) is 0 Å². The van der Waals surface area contributed by atoms with Crippen molar-refractivity contribution in [1.29, 1.82) is 0 Å². The number of aryl methyl sites for hydroxylation is 1. The molecule has 2 aliphatic rings. The van der Waals surface area contributed by atoms with Crippen LogP contribution in [0.3, 0.4) is 0 Å². The molecule has 2 atom stereocenters. The summed E-state index contributed by atoms with van der Waals surface area (Å²) in [5.74, 6) is -2.09. The molecule has 1 saturated heterocycles. The van der Waals surface area contributed by atoms with Crippen LogP contribution >= 0.6 is 24.0 Å². The van der Waals surface area contributed by atoms with Gasteiger partial charge in [0.2, 0.25) is 0 Å². The maximum atomic E-state index is 13.4. The zero-order valence-corrected chi connectivity index (χ0v) is 21.4. The molecular weight excluding hydrogens is 498 g/mol. The number of carboxylic acids is 1. The van der Waals surface area contributed by atoms with Crippen molar-refractivity contribution in [3.05, 3.63) is 82.4 Å². The summed E-state index contributed by atoms with van der Waals surface area (Å²) in [4.78, 5) is 39.7. The number of benzene rings is 2. The van der Waals surface area contributed by atoms with Gasteiger partial charge in [-0.2, -0.15) is 5.10 Å². The van der Waals surface area contributed by atoms with Gasteiger partial charge in [-0.1, -0.05) is 84.1 Å². The monoisotopic (exact) mass is 523 g/mol. The van der Waals surface area contributed by atoms with E-state index >= 15 is 0 Å². The minimum atomic E-state index is -1.05. The van der Waals surface area contributed by atoms with Crippen LogP contribution in [0.5, 0.6) is 0 Å². The van der Waals surface area contributed by atoms with Crippen molar-refractivity contribution in [3.63, 3.8) is 0 Å². The molecule has 186 valence electrons. The summed E-state index contributed by atoms with van der Waals surface area (Å²) < 4.78 is 5.45. The zero-order valence-electron chi connectivity index (χ0n) is 19.8. The van der Waals surface area contributed by atoms with Crippen LogP contribution in [0.4, 0.5) is 0 Å². The normalized spacial score (nSPS) is 19.6. The van der Waals surface area contributed by atoms with E-state index in [1.54, 1.807) is 6.92 Å². The van der Waals surface area contributed by atoms with Crippen molar-refractivity contribution >= 4 is 51.9 Å². The molecule has 10 heteroatoms. The number of carboxylic acid groups (broad SMARTS) is 1. The maximum absolute atomic E-state index is 13.4. The molecule has 0 unspecified atom stereocenters. The van der Waals surface area contributed by atoms with Gasteiger partial charge in [0.15, 0.2) is 6.04 Å². The quantitative estimate of drug-likeness (QED) is 0.317. The zero-order chi connectivity index (χ0) is 25.8. The van der Waals surface area contributed by atoms with Gasteiger partial charge in [0, 0.05) is 19.0 Å². The van der Waals surface area contributed by atoms with Crippen LogP contribution in [0.1, 0.15) is 30.0 Å². The second-order valence-corrected chi connectivity index (χ2v) is 10.0. The first-order valence-corrected chi connectivity index (χ1v) is 12.6. The maximum Gasteiger partial charge on any atom is 0.329 e. The number of hydrogen-bond acceptors (Lipinski definition) is 8. The number of esters is 1. The third-order valence-electron chi connectivity index (χ3n) is 5.83. The highest BCUT2D eigenvalue weighted by atomic mass is 32.2. The number of amides is 1. The standard InChI is InChI=1S/C26H25N3O5S2/c1-3-34-25(33)21(13-17-7-5-4-6-8-17)29-23(30)22(36-26(29)35)15-28-20(24(31)32)14-19(27-28)18-11-9-16(2)10-12-18/h4-12,15,20-21H,3,13-14H2,1-2H3,(H,31,32)/b22-15-/t20-,21+/m0/s1. The summed E-state index contributed by atoms with van der Waals surface area (Å²) in [7, 11) is 0. The number of carbonyl (C=O) groups excluding carboxylic acids is 2. The Kier molecular flexibility index (Phi) is 7.85. The predicted octanol–water partition coefficient (Wildman–Crippen LogP) is 3.73. The Bertz CT molecular complexity index is 1240. The topological polar surface area (TPSA) is 99.5 Å². The highest BCUT2D eigenvalue weighted by molar-refractivity contribution is 8.26. The average Bonchev–Trinajstić information content (AvgIpc) is 3.40. The second kappa shape index (κ2) is 11.0. The molecule has 0 saturated carbocycles. The summed E-state index contributed by atoms with van der Waals surface area (Å²) in [5.41, 5.74) is 3.37. The van der Waals surface area contributed by atoms with E-state index in [-0.39, 0.29) is 28.7 Å². The molecule has 0 aromatic heterocycles. The van der Waals surface area contributed by atoms with Crippen molar-refractivity contribution in [2.24, 2.45) is 5.10 Å². The molecule has 1 N–H and O–H groups in total. The molecule has 36 heavy (non-hydrogen) atoms. The van der Waals surface area contributed by atoms with Gasteiger partial charge < -0.3 is 9.84 Å². The molecule has 0 radical (unpaired) electrons. The second-order valence-electron chi connectivity index (χ2n) is 8.34. The molecule has 1 fully saturated rings. The van der Waals surface area contributed by atoms with E-state index in [1.165, 1.54) is 16.1 Å². The summed E-state index contributed by atoms with van der Waals surface area (Å²) in [6.07, 6.45) is 1.83. The molecule has 0 aliphatic carbocycles. The first-order chi connectivity index (χ1) is 17.3. The summed E-state index contributed by atoms with van der Waals surface area (Å²) in [5, 5.41) is 15.6. The first-order valence-electron chi connectivity index (χ1n) is 11.4. The summed E-state index contributed by atoms with van der Waals surface area (Å²) in [6, 6.07) is 15.0.